The van der Waals surface area contributed by atoms with Gasteiger partial charge in [-0.2, -0.15) is 0 Å². The predicted octanol–water partition coefficient (Wildman–Crippen LogP) is 5.97. The lowest BCUT2D eigenvalue weighted by atomic mass is 10.2. The topological polar surface area (TPSA) is 36.4 Å². The second-order valence-electron chi connectivity index (χ2n) is 7.14. The lowest BCUT2D eigenvalue weighted by Gasteiger charge is -2.21. The van der Waals surface area contributed by atoms with Crippen LogP contribution in [0.15, 0.2) is 41.3 Å². The van der Waals surface area contributed by atoms with Gasteiger partial charge >= 0.3 is 0 Å². The monoisotopic (exact) mass is 447 g/mol. The van der Waals surface area contributed by atoms with Crippen molar-refractivity contribution in [1.82, 2.24) is 9.88 Å². The van der Waals surface area contributed by atoms with Gasteiger partial charge in [0.25, 0.3) is 5.91 Å². The number of rotatable bonds is 8. The summed E-state index contributed by atoms with van der Waals surface area (Å²) in [6, 6.07) is 11.7. The average molecular weight is 448 g/mol. The molecule has 7 heteroatoms. The molecule has 3 rings (SSSR count). The van der Waals surface area contributed by atoms with Crippen molar-refractivity contribution in [3.8, 4) is 0 Å². The molecule has 3 aromatic rings. The predicted molar refractivity (Wildman–Crippen MR) is 127 cm³/mol. The summed E-state index contributed by atoms with van der Waals surface area (Å²) in [5.74, 6) is 0.965. The van der Waals surface area contributed by atoms with Crippen molar-refractivity contribution >= 4 is 56.0 Å². The Bertz CT molecular complexity index is 1000. The normalized spacial score (nSPS) is 11.4. The number of aryl methyl sites for hydroxylation is 1. The molecule has 2 aromatic carbocycles. The van der Waals surface area contributed by atoms with E-state index in [-0.39, 0.29) is 5.91 Å². The number of fused-ring (bicyclic) bond motifs is 1. The molecule has 0 saturated carbocycles. The van der Waals surface area contributed by atoms with Crippen molar-refractivity contribution in [3.05, 3.63) is 52.5 Å². The Kier molecular flexibility index (Phi) is 7.57. The van der Waals surface area contributed by atoms with Crippen LogP contribution in [-0.4, -0.2) is 48.7 Å². The summed E-state index contributed by atoms with van der Waals surface area (Å²) in [7, 11) is 4.08. The fourth-order valence-corrected chi connectivity index (χ4v) is 5.29. The third-order valence-electron chi connectivity index (χ3n) is 4.49. The number of hydrogen-bond donors (Lipinski definition) is 0. The van der Waals surface area contributed by atoms with Crippen LogP contribution in [0.3, 0.4) is 0 Å². The molecule has 0 aliphatic rings. The summed E-state index contributed by atoms with van der Waals surface area (Å²) in [6.07, 6.45) is 0.873. The molecule has 0 aliphatic carbocycles. The summed E-state index contributed by atoms with van der Waals surface area (Å²) in [6.45, 7) is 5.64. The van der Waals surface area contributed by atoms with E-state index in [0.29, 0.717) is 17.1 Å². The van der Waals surface area contributed by atoms with Crippen molar-refractivity contribution < 1.29 is 4.79 Å². The molecule has 0 radical (unpaired) electrons. The van der Waals surface area contributed by atoms with Crippen LogP contribution in [-0.2, 0) is 0 Å². The maximum absolute atomic E-state index is 13.4. The molecule has 0 spiro atoms. The number of carbonyl (C=O) groups is 1. The van der Waals surface area contributed by atoms with Gasteiger partial charge in [0.1, 0.15) is 0 Å². The molecule has 0 atom stereocenters. The highest BCUT2D eigenvalue weighted by Crippen LogP contribution is 2.34. The van der Waals surface area contributed by atoms with Crippen LogP contribution in [0.2, 0.25) is 5.02 Å². The van der Waals surface area contributed by atoms with Gasteiger partial charge in [0.15, 0.2) is 5.13 Å². The highest BCUT2D eigenvalue weighted by molar-refractivity contribution is 7.99. The SMILES string of the molecule is CCSc1cccc(C(=O)N(CCCN(C)C)c2nc3c(C)cc(Cl)cc3s2)c1. The van der Waals surface area contributed by atoms with E-state index in [1.54, 1.807) is 11.8 Å². The Labute approximate surface area is 185 Å². The summed E-state index contributed by atoms with van der Waals surface area (Å²) < 4.78 is 1.01. The number of thiazole rings is 1. The molecule has 0 saturated heterocycles. The summed E-state index contributed by atoms with van der Waals surface area (Å²) >= 11 is 9.49. The van der Waals surface area contributed by atoms with E-state index in [9.17, 15) is 4.79 Å². The number of nitrogens with zero attached hydrogens (tertiary/aromatic N) is 3. The third kappa shape index (κ3) is 5.51. The molecule has 0 unspecified atom stereocenters. The van der Waals surface area contributed by atoms with Crippen LogP contribution in [0.5, 0.6) is 0 Å². The Balaban J connectivity index is 1.97. The first-order valence-corrected chi connectivity index (χ1v) is 11.8. The second kappa shape index (κ2) is 9.94. The van der Waals surface area contributed by atoms with Crippen molar-refractivity contribution in [3.63, 3.8) is 0 Å². The van der Waals surface area contributed by atoms with Crippen LogP contribution in [0.4, 0.5) is 5.13 Å². The van der Waals surface area contributed by atoms with E-state index in [2.05, 4.69) is 11.8 Å². The van der Waals surface area contributed by atoms with Crippen molar-refractivity contribution in [2.45, 2.75) is 25.2 Å². The van der Waals surface area contributed by atoms with Crippen LogP contribution in [0, 0.1) is 6.92 Å². The number of carbonyl (C=O) groups excluding carboxylic acids is 1. The third-order valence-corrected chi connectivity index (χ3v) is 6.61. The highest BCUT2D eigenvalue weighted by atomic mass is 35.5. The minimum atomic E-state index is -0.00915. The molecule has 0 bridgehead atoms. The van der Waals surface area contributed by atoms with E-state index in [4.69, 9.17) is 16.6 Å². The number of anilines is 1. The van der Waals surface area contributed by atoms with Crippen molar-refractivity contribution in [1.29, 1.82) is 0 Å². The van der Waals surface area contributed by atoms with Gasteiger partial charge in [0.05, 0.1) is 10.2 Å². The molecule has 4 nitrogen and oxygen atoms in total. The first kappa shape index (κ1) is 22.1. The van der Waals surface area contributed by atoms with Crippen molar-refractivity contribution in [2.75, 3.05) is 37.8 Å². The number of amides is 1. The van der Waals surface area contributed by atoms with Gasteiger partial charge in [0.2, 0.25) is 0 Å². The van der Waals surface area contributed by atoms with Crippen LogP contribution in [0.25, 0.3) is 10.2 Å². The zero-order valence-electron chi connectivity index (χ0n) is 17.2. The Morgan fingerprint density at radius 1 is 1.21 bits per heavy atom. The largest absolute Gasteiger partial charge is 0.309 e. The van der Waals surface area contributed by atoms with Gasteiger partial charge in [0, 0.05) is 22.0 Å². The molecule has 0 fully saturated rings. The first-order valence-electron chi connectivity index (χ1n) is 9.65. The van der Waals surface area contributed by atoms with Gasteiger partial charge < -0.3 is 4.90 Å². The standard InChI is InChI=1S/C22H26ClN3OS2/c1-5-28-18-9-6-8-16(13-18)21(27)26(11-7-10-25(3)4)22-24-20-15(2)12-17(23)14-19(20)29-22/h6,8-9,12-14H,5,7,10-11H2,1-4H3. The fourth-order valence-electron chi connectivity index (χ4n) is 3.13. The summed E-state index contributed by atoms with van der Waals surface area (Å²) in [5.41, 5.74) is 2.63. The number of aromatic nitrogens is 1. The van der Waals surface area contributed by atoms with E-state index < -0.39 is 0 Å². The lowest BCUT2D eigenvalue weighted by molar-refractivity contribution is 0.0986. The highest BCUT2D eigenvalue weighted by Gasteiger charge is 2.22. The maximum Gasteiger partial charge on any atom is 0.260 e. The van der Waals surface area contributed by atoms with E-state index in [0.717, 1.165) is 44.5 Å². The smallest absolute Gasteiger partial charge is 0.260 e. The Morgan fingerprint density at radius 3 is 2.72 bits per heavy atom. The van der Waals surface area contributed by atoms with Gasteiger partial charge in [-0.3, -0.25) is 9.69 Å². The molecule has 154 valence electrons. The Morgan fingerprint density at radius 2 is 2.00 bits per heavy atom. The molecule has 0 aliphatic heterocycles. The minimum Gasteiger partial charge on any atom is -0.309 e. The van der Waals surface area contributed by atoms with Crippen LogP contribution in [0.1, 0.15) is 29.3 Å². The molecule has 1 heterocycles. The molecular formula is C22H26ClN3OS2. The maximum atomic E-state index is 13.4. The molecule has 1 amide bonds. The zero-order valence-corrected chi connectivity index (χ0v) is 19.6. The molecule has 29 heavy (non-hydrogen) atoms. The fraction of sp³-hybridized carbons (Fsp3) is 0.364. The lowest BCUT2D eigenvalue weighted by Crippen LogP contribution is -2.33. The van der Waals surface area contributed by atoms with Gasteiger partial charge in [-0.25, -0.2) is 4.98 Å². The first-order chi connectivity index (χ1) is 13.9. The molecular weight excluding hydrogens is 422 g/mol. The van der Waals surface area contributed by atoms with Gasteiger partial charge in [-0.1, -0.05) is 35.9 Å². The summed E-state index contributed by atoms with van der Waals surface area (Å²) in [5, 5.41) is 1.42. The van der Waals surface area contributed by atoms with Crippen LogP contribution >= 0.6 is 34.7 Å². The zero-order chi connectivity index (χ0) is 21.0. The molecule has 1 aromatic heterocycles. The van der Waals surface area contributed by atoms with E-state index in [1.807, 2.05) is 62.3 Å². The van der Waals surface area contributed by atoms with E-state index in [1.165, 1.54) is 11.3 Å². The van der Waals surface area contributed by atoms with E-state index >= 15 is 0 Å². The summed E-state index contributed by atoms with van der Waals surface area (Å²) in [4.78, 5) is 23.3. The number of benzene rings is 2. The van der Waals surface area contributed by atoms with Crippen molar-refractivity contribution in [2.24, 2.45) is 0 Å². The average Bonchev–Trinajstić information content (AvgIpc) is 3.09. The molecule has 0 N–H and O–H groups in total. The van der Waals surface area contributed by atoms with Gasteiger partial charge in [-0.15, -0.1) is 11.8 Å². The number of hydrogen-bond acceptors (Lipinski definition) is 5. The Hall–Kier alpha value is -1.60. The van der Waals surface area contributed by atoms with Crippen LogP contribution < -0.4 is 4.90 Å². The quantitative estimate of drug-likeness (QED) is 0.398. The van der Waals surface area contributed by atoms with Gasteiger partial charge in [-0.05, 0) is 75.6 Å². The minimum absolute atomic E-state index is 0.00915. The second-order valence-corrected chi connectivity index (χ2v) is 9.92. The number of halogens is 1. The number of thioether (sulfide) groups is 1.